The van der Waals surface area contributed by atoms with Crippen molar-refractivity contribution in [2.24, 2.45) is 11.8 Å². The molecule has 0 aromatic carbocycles. The van der Waals surface area contributed by atoms with E-state index in [1.165, 1.54) is 4.90 Å². The topological polar surface area (TPSA) is 56.8 Å². The second-order valence-corrected chi connectivity index (χ2v) is 6.69. The third-order valence-electron chi connectivity index (χ3n) is 5.29. The number of amides is 2. The van der Waals surface area contributed by atoms with Crippen LogP contribution in [0.2, 0.25) is 0 Å². The Morgan fingerprint density at radius 3 is 2.21 bits per heavy atom. The first kappa shape index (κ1) is 15.3. The van der Waals surface area contributed by atoms with E-state index in [-0.39, 0.29) is 23.7 Å². The lowest BCUT2D eigenvalue weighted by Crippen LogP contribution is -2.51. The second-order valence-electron chi connectivity index (χ2n) is 6.69. The van der Waals surface area contributed by atoms with Crippen molar-refractivity contribution in [1.82, 2.24) is 14.8 Å². The molecule has 2 aliphatic heterocycles. The Bertz CT molecular complexity index is 626. The number of hydrogen-bond acceptors (Lipinski definition) is 5. The van der Waals surface area contributed by atoms with Gasteiger partial charge in [-0.1, -0.05) is 18.2 Å². The van der Waals surface area contributed by atoms with E-state index in [1.807, 2.05) is 30.4 Å². The molecule has 2 saturated heterocycles. The zero-order valence-corrected chi connectivity index (χ0v) is 13.7. The molecule has 0 radical (unpaired) electrons. The highest BCUT2D eigenvalue weighted by Crippen LogP contribution is 2.35. The van der Waals surface area contributed by atoms with Crippen LogP contribution in [0.3, 0.4) is 0 Å². The third-order valence-corrected chi connectivity index (χ3v) is 5.29. The van der Waals surface area contributed by atoms with Gasteiger partial charge in [-0.25, -0.2) is 4.98 Å². The number of hydrogen-bond donors (Lipinski definition) is 0. The van der Waals surface area contributed by atoms with Gasteiger partial charge >= 0.3 is 0 Å². The van der Waals surface area contributed by atoms with Gasteiger partial charge in [-0.2, -0.15) is 0 Å². The van der Waals surface area contributed by atoms with E-state index in [4.69, 9.17) is 0 Å². The van der Waals surface area contributed by atoms with E-state index in [0.717, 1.165) is 32.0 Å². The summed E-state index contributed by atoms with van der Waals surface area (Å²) in [6.07, 6.45) is 7.28. The molecule has 1 aromatic heterocycles. The molecule has 126 valence electrons. The summed E-state index contributed by atoms with van der Waals surface area (Å²) >= 11 is 0. The molecule has 1 aromatic rings. The first-order chi connectivity index (χ1) is 11.7. The average Bonchev–Trinajstić information content (AvgIpc) is 2.88. The van der Waals surface area contributed by atoms with E-state index < -0.39 is 0 Å². The van der Waals surface area contributed by atoms with Crippen molar-refractivity contribution in [3.8, 4) is 0 Å². The molecule has 2 amide bonds. The Hall–Kier alpha value is -2.21. The Kier molecular flexibility index (Phi) is 4.06. The number of aromatic nitrogens is 1. The van der Waals surface area contributed by atoms with E-state index in [0.29, 0.717) is 19.5 Å². The van der Waals surface area contributed by atoms with Gasteiger partial charge < -0.3 is 4.90 Å². The minimum Gasteiger partial charge on any atom is -0.354 e. The highest BCUT2D eigenvalue weighted by atomic mass is 16.2. The van der Waals surface area contributed by atoms with Gasteiger partial charge in [-0.05, 0) is 25.0 Å². The number of allylic oxidation sites excluding steroid dienone is 2. The van der Waals surface area contributed by atoms with Crippen LogP contribution in [-0.2, 0) is 9.59 Å². The van der Waals surface area contributed by atoms with Gasteiger partial charge in [-0.15, -0.1) is 0 Å². The monoisotopic (exact) mass is 326 g/mol. The van der Waals surface area contributed by atoms with Crippen LogP contribution in [0, 0.1) is 11.8 Å². The molecule has 4 rings (SSSR count). The van der Waals surface area contributed by atoms with E-state index >= 15 is 0 Å². The molecular formula is C18H22N4O2. The van der Waals surface area contributed by atoms with Crippen LogP contribution in [0.1, 0.15) is 12.8 Å². The van der Waals surface area contributed by atoms with Crippen molar-refractivity contribution in [1.29, 1.82) is 0 Å². The number of imide groups is 1. The normalized spacial score (nSPS) is 27.7. The Morgan fingerprint density at radius 1 is 0.958 bits per heavy atom. The maximum absolute atomic E-state index is 12.5. The quantitative estimate of drug-likeness (QED) is 0.615. The van der Waals surface area contributed by atoms with Crippen molar-refractivity contribution in [2.45, 2.75) is 12.8 Å². The second kappa shape index (κ2) is 6.36. The van der Waals surface area contributed by atoms with Crippen LogP contribution in [0.4, 0.5) is 5.82 Å². The lowest BCUT2D eigenvalue weighted by molar-refractivity contribution is -0.142. The molecule has 3 aliphatic rings. The number of pyridine rings is 1. The van der Waals surface area contributed by atoms with Crippen LogP contribution < -0.4 is 4.90 Å². The molecule has 6 nitrogen and oxygen atoms in total. The van der Waals surface area contributed by atoms with Crippen LogP contribution in [-0.4, -0.2) is 59.4 Å². The molecule has 0 unspecified atom stereocenters. The fourth-order valence-corrected chi connectivity index (χ4v) is 3.87. The molecular weight excluding hydrogens is 304 g/mol. The minimum absolute atomic E-state index is 0.0153. The number of rotatable bonds is 3. The third kappa shape index (κ3) is 2.71. The summed E-state index contributed by atoms with van der Waals surface area (Å²) in [5.41, 5.74) is 0. The molecule has 6 heteroatoms. The molecule has 0 spiro atoms. The molecule has 2 fully saturated rings. The zero-order chi connectivity index (χ0) is 16.5. The molecule has 0 N–H and O–H groups in total. The maximum Gasteiger partial charge on any atom is 0.234 e. The zero-order valence-electron chi connectivity index (χ0n) is 13.7. The number of fused-ring (bicyclic) bond motifs is 1. The Balaban J connectivity index is 1.36. The average molecular weight is 326 g/mol. The SMILES string of the molecule is O=C1[C@@H]2CC=CC[C@H]2C(=O)N1CN1CCN(c2ccccn2)CC1. The van der Waals surface area contributed by atoms with E-state index in [2.05, 4.69) is 14.8 Å². The minimum atomic E-state index is -0.127. The maximum atomic E-state index is 12.5. The highest BCUT2D eigenvalue weighted by Gasteiger charge is 2.47. The molecule has 3 heterocycles. The standard InChI is InChI=1S/C18H22N4O2/c23-17-14-5-1-2-6-15(14)18(24)22(17)13-20-9-11-21(12-10-20)16-7-3-4-8-19-16/h1-4,7-8,14-15H,5-6,9-13H2/t14-,15-/m1/s1. The lowest BCUT2D eigenvalue weighted by atomic mass is 9.85. The summed E-state index contributed by atoms with van der Waals surface area (Å²) in [7, 11) is 0. The molecule has 24 heavy (non-hydrogen) atoms. The van der Waals surface area contributed by atoms with E-state index in [9.17, 15) is 9.59 Å². The number of likely N-dealkylation sites (tertiary alicyclic amines) is 1. The predicted octanol–water partition coefficient (Wildman–Crippen LogP) is 1.11. The van der Waals surface area contributed by atoms with Gasteiger partial charge in [0.2, 0.25) is 11.8 Å². The van der Waals surface area contributed by atoms with Gasteiger partial charge in [0.05, 0.1) is 18.5 Å². The highest BCUT2D eigenvalue weighted by molar-refractivity contribution is 6.05. The molecule has 0 bridgehead atoms. The van der Waals surface area contributed by atoms with Crippen LogP contribution >= 0.6 is 0 Å². The van der Waals surface area contributed by atoms with Gasteiger partial charge in [0.1, 0.15) is 5.82 Å². The predicted molar refractivity (Wildman–Crippen MR) is 90.1 cm³/mol. The summed E-state index contributed by atoms with van der Waals surface area (Å²) in [6.45, 7) is 3.83. The van der Waals surface area contributed by atoms with Crippen molar-refractivity contribution in [2.75, 3.05) is 37.7 Å². The summed E-state index contributed by atoms with van der Waals surface area (Å²) < 4.78 is 0. The molecule has 1 aliphatic carbocycles. The van der Waals surface area contributed by atoms with Crippen molar-refractivity contribution in [3.05, 3.63) is 36.5 Å². The number of anilines is 1. The summed E-state index contributed by atoms with van der Waals surface area (Å²) in [4.78, 5) is 35.4. The number of carbonyl (C=O) groups is 2. The Labute approximate surface area is 141 Å². The first-order valence-electron chi connectivity index (χ1n) is 8.62. The van der Waals surface area contributed by atoms with Gasteiger partial charge in [0.15, 0.2) is 0 Å². The van der Waals surface area contributed by atoms with Gasteiger partial charge in [0.25, 0.3) is 0 Å². The van der Waals surface area contributed by atoms with Crippen molar-refractivity contribution in [3.63, 3.8) is 0 Å². The number of piperazine rings is 1. The summed E-state index contributed by atoms with van der Waals surface area (Å²) in [5.74, 6) is 0.764. The molecule has 0 saturated carbocycles. The van der Waals surface area contributed by atoms with Crippen molar-refractivity contribution < 1.29 is 9.59 Å². The largest absolute Gasteiger partial charge is 0.354 e. The smallest absolute Gasteiger partial charge is 0.234 e. The van der Waals surface area contributed by atoms with Gasteiger partial charge in [-0.3, -0.25) is 19.4 Å². The van der Waals surface area contributed by atoms with E-state index in [1.54, 1.807) is 6.20 Å². The van der Waals surface area contributed by atoms with Crippen LogP contribution in [0.5, 0.6) is 0 Å². The Morgan fingerprint density at radius 2 is 1.62 bits per heavy atom. The lowest BCUT2D eigenvalue weighted by Gasteiger charge is -2.36. The van der Waals surface area contributed by atoms with Gasteiger partial charge in [0, 0.05) is 32.4 Å². The first-order valence-corrected chi connectivity index (χ1v) is 8.62. The van der Waals surface area contributed by atoms with Crippen molar-refractivity contribution >= 4 is 17.6 Å². The number of carbonyl (C=O) groups excluding carboxylic acids is 2. The van der Waals surface area contributed by atoms with Crippen LogP contribution in [0.15, 0.2) is 36.5 Å². The summed E-state index contributed by atoms with van der Waals surface area (Å²) in [6, 6.07) is 5.92. The number of nitrogens with zero attached hydrogens (tertiary/aromatic N) is 4. The fraction of sp³-hybridized carbons (Fsp3) is 0.500. The molecule has 2 atom stereocenters. The fourth-order valence-electron chi connectivity index (χ4n) is 3.87. The summed E-state index contributed by atoms with van der Waals surface area (Å²) in [5, 5.41) is 0. The van der Waals surface area contributed by atoms with Crippen LogP contribution in [0.25, 0.3) is 0 Å².